The van der Waals surface area contributed by atoms with Gasteiger partial charge in [0.25, 0.3) is 5.91 Å². The SMILES string of the molecule is O=C(C[C@H]1NC(=O)c2ccccc21)Nc1nc(-c2cccnc2)cs1. The summed E-state index contributed by atoms with van der Waals surface area (Å²) < 4.78 is 0. The maximum Gasteiger partial charge on any atom is 0.252 e. The van der Waals surface area contributed by atoms with E-state index in [9.17, 15) is 9.59 Å². The maximum atomic E-state index is 12.3. The molecule has 1 atom stereocenters. The van der Waals surface area contributed by atoms with Gasteiger partial charge < -0.3 is 10.6 Å². The largest absolute Gasteiger partial charge is 0.345 e. The average molecular weight is 350 g/mol. The third-order valence-electron chi connectivity index (χ3n) is 3.98. The van der Waals surface area contributed by atoms with Crippen LogP contribution in [-0.2, 0) is 4.79 Å². The first-order valence-corrected chi connectivity index (χ1v) is 8.64. The zero-order valence-electron chi connectivity index (χ0n) is 13.1. The lowest BCUT2D eigenvalue weighted by molar-refractivity contribution is -0.116. The molecule has 1 aliphatic rings. The first-order chi connectivity index (χ1) is 12.2. The number of thiazole rings is 1. The van der Waals surface area contributed by atoms with Gasteiger partial charge in [-0.15, -0.1) is 11.3 Å². The Morgan fingerprint density at radius 2 is 2.12 bits per heavy atom. The lowest BCUT2D eigenvalue weighted by Gasteiger charge is -2.10. The lowest BCUT2D eigenvalue weighted by atomic mass is 10.0. The summed E-state index contributed by atoms with van der Waals surface area (Å²) in [5.74, 6) is -0.324. The predicted octanol–water partition coefficient (Wildman–Crippen LogP) is 3.02. The van der Waals surface area contributed by atoms with Crippen LogP contribution in [-0.4, -0.2) is 21.8 Å². The van der Waals surface area contributed by atoms with Crippen molar-refractivity contribution in [1.29, 1.82) is 0 Å². The highest BCUT2D eigenvalue weighted by molar-refractivity contribution is 7.14. The monoisotopic (exact) mass is 350 g/mol. The molecule has 1 aromatic carbocycles. The minimum absolute atomic E-state index is 0.137. The van der Waals surface area contributed by atoms with Crippen molar-refractivity contribution in [2.24, 2.45) is 0 Å². The number of carbonyl (C=O) groups is 2. The van der Waals surface area contributed by atoms with Crippen molar-refractivity contribution in [3.05, 3.63) is 65.3 Å². The predicted molar refractivity (Wildman–Crippen MR) is 95.2 cm³/mol. The summed E-state index contributed by atoms with van der Waals surface area (Å²) in [6.45, 7) is 0. The first kappa shape index (κ1) is 15.5. The molecule has 25 heavy (non-hydrogen) atoms. The van der Waals surface area contributed by atoms with Crippen molar-refractivity contribution in [2.45, 2.75) is 12.5 Å². The van der Waals surface area contributed by atoms with Crippen molar-refractivity contribution < 1.29 is 9.59 Å². The smallest absolute Gasteiger partial charge is 0.252 e. The standard InChI is InChI=1S/C18H14N4O2S/c23-16(8-14-12-5-1-2-6-13(12)17(24)20-14)22-18-21-15(10-25-18)11-4-3-7-19-9-11/h1-7,9-10,14H,8H2,(H,20,24)(H,21,22,23)/t14-/m1/s1. The van der Waals surface area contributed by atoms with E-state index in [0.717, 1.165) is 16.8 Å². The molecule has 124 valence electrons. The maximum absolute atomic E-state index is 12.3. The summed E-state index contributed by atoms with van der Waals surface area (Å²) in [6.07, 6.45) is 3.60. The van der Waals surface area contributed by atoms with E-state index in [1.165, 1.54) is 11.3 Å². The minimum Gasteiger partial charge on any atom is -0.345 e. The second kappa shape index (κ2) is 6.45. The number of aromatic nitrogens is 2. The molecule has 2 N–H and O–H groups in total. The second-order valence-electron chi connectivity index (χ2n) is 5.65. The number of fused-ring (bicyclic) bond motifs is 1. The molecular weight excluding hydrogens is 336 g/mol. The Morgan fingerprint density at radius 3 is 2.96 bits per heavy atom. The molecule has 7 heteroatoms. The molecule has 3 heterocycles. The molecule has 2 aromatic heterocycles. The van der Waals surface area contributed by atoms with Gasteiger partial charge in [-0.3, -0.25) is 14.6 Å². The van der Waals surface area contributed by atoms with Crippen LogP contribution in [0.15, 0.2) is 54.2 Å². The van der Waals surface area contributed by atoms with E-state index in [1.807, 2.05) is 35.7 Å². The molecule has 0 bridgehead atoms. The number of anilines is 1. The molecule has 0 unspecified atom stereocenters. The molecule has 0 radical (unpaired) electrons. The summed E-state index contributed by atoms with van der Waals surface area (Å²) in [4.78, 5) is 32.7. The van der Waals surface area contributed by atoms with Crippen molar-refractivity contribution in [3.63, 3.8) is 0 Å². The van der Waals surface area contributed by atoms with E-state index >= 15 is 0 Å². The topological polar surface area (TPSA) is 84.0 Å². The fraction of sp³-hybridized carbons (Fsp3) is 0.111. The van der Waals surface area contributed by atoms with Crippen LogP contribution >= 0.6 is 11.3 Å². The van der Waals surface area contributed by atoms with Gasteiger partial charge in [0.2, 0.25) is 5.91 Å². The number of carbonyl (C=O) groups excluding carboxylic acids is 2. The molecule has 4 rings (SSSR count). The Morgan fingerprint density at radius 1 is 1.24 bits per heavy atom. The van der Waals surface area contributed by atoms with Crippen molar-refractivity contribution in [1.82, 2.24) is 15.3 Å². The highest BCUT2D eigenvalue weighted by Crippen LogP contribution is 2.29. The molecule has 2 amide bonds. The molecule has 0 aliphatic carbocycles. The van der Waals surface area contributed by atoms with E-state index in [1.54, 1.807) is 18.5 Å². The number of nitrogens with one attached hydrogen (secondary N) is 2. The summed E-state index contributed by atoms with van der Waals surface area (Å²) in [5, 5.41) is 8.05. The van der Waals surface area contributed by atoms with E-state index in [0.29, 0.717) is 10.7 Å². The third-order valence-corrected chi connectivity index (χ3v) is 4.74. The van der Waals surface area contributed by atoms with Gasteiger partial charge in [-0.1, -0.05) is 18.2 Å². The van der Waals surface area contributed by atoms with E-state index in [-0.39, 0.29) is 24.3 Å². The van der Waals surface area contributed by atoms with Gasteiger partial charge in [-0.25, -0.2) is 4.98 Å². The van der Waals surface area contributed by atoms with Crippen molar-refractivity contribution in [2.75, 3.05) is 5.32 Å². The molecule has 0 fully saturated rings. The van der Waals surface area contributed by atoms with Gasteiger partial charge in [0.15, 0.2) is 5.13 Å². The number of nitrogens with zero attached hydrogens (tertiary/aromatic N) is 2. The van der Waals surface area contributed by atoms with Gasteiger partial charge in [-0.05, 0) is 23.8 Å². The van der Waals surface area contributed by atoms with Crippen LogP contribution < -0.4 is 10.6 Å². The average Bonchev–Trinajstić information content (AvgIpc) is 3.21. The fourth-order valence-electron chi connectivity index (χ4n) is 2.82. The molecule has 0 saturated carbocycles. The van der Waals surface area contributed by atoms with E-state index in [2.05, 4.69) is 20.6 Å². The van der Waals surface area contributed by atoms with Crippen LogP contribution in [0.1, 0.15) is 28.4 Å². The van der Waals surface area contributed by atoms with Gasteiger partial charge in [0.05, 0.1) is 18.2 Å². The van der Waals surface area contributed by atoms with Crippen LogP contribution in [0, 0.1) is 0 Å². The van der Waals surface area contributed by atoms with Gasteiger partial charge in [-0.2, -0.15) is 0 Å². The normalized spacial score (nSPS) is 15.5. The highest BCUT2D eigenvalue weighted by Gasteiger charge is 2.29. The van der Waals surface area contributed by atoms with Gasteiger partial charge in [0.1, 0.15) is 0 Å². The Bertz CT molecular complexity index is 939. The van der Waals surface area contributed by atoms with Gasteiger partial charge in [0, 0.05) is 28.9 Å². The van der Waals surface area contributed by atoms with Crippen molar-refractivity contribution in [3.8, 4) is 11.3 Å². The van der Waals surface area contributed by atoms with Crippen LogP contribution in [0.5, 0.6) is 0 Å². The van der Waals surface area contributed by atoms with Crippen LogP contribution in [0.3, 0.4) is 0 Å². The zero-order chi connectivity index (χ0) is 17.2. The number of benzene rings is 1. The number of hydrogen-bond acceptors (Lipinski definition) is 5. The molecule has 3 aromatic rings. The Kier molecular flexibility index (Phi) is 3.99. The summed E-state index contributed by atoms with van der Waals surface area (Å²) >= 11 is 1.36. The summed E-state index contributed by atoms with van der Waals surface area (Å²) in [6, 6.07) is 10.8. The minimum atomic E-state index is -0.304. The van der Waals surface area contributed by atoms with Crippen LogP contribution in [0.4, 0.5) is 5.13 Å². The van der Waals surface area contributed by atoms with Gasteiger partial charge >= 0.3 is 0 Å². The molecule has 1 aliphatic heterocycles. The Hall–Kier alpha value is -3.06. The second-order valence-corrected chi connectivity index (χ2v) is 6.50. The molecule has 6 nitrogen and oxygen atoms in total. The Labute approximate surface area is 148 Å². The fourth-order valence-corrected chi connectivity index (χ4v) is 3.55. The zero-order valence-corrected chi connectivity index (χ0v) is 13.9. The number of amides is 2. The van der Waals surface area contributed by atoms with Crippen molar-refractivity contribution >= 4 is 28.3 Å². The summed E-state index contributed by atoms with van der Waals surface area (Å²) in [7, 11) is 0. The van der Waals surface area contributed by atoms with Crippen LogP contribution in [0.2, 0.25) is 0 Å². The Balaban J connectivity index is 1.44. The summed E-state index contributed by atoms with van der Waals surface area (Å²) in [5.41, 5.74) is 3.16. The highest BCUT2D eigenvalue weighted by atomic mass is 32.1. The lowest BCUT2D eigenvalue weighted by Crippen LogP contribution is -2.24. The number of rotatable bonds is 4. The molecule has 0 saturated heterocycles. The first-order valence-electron chi connectivity index (χ1n) is 7.76. The van der Waals surface area contributed by atoms with Crippen LogP contribution in [0.25, 0.3) is 11.3 Å². The number of pyridine rings is 1. The number of hydrogen-bond donors (Lipinski definition) is 2. The third kappa shape index (κ3) is 3.14. The molecular formula is C18H14N4O2S. The quantitative estimate of drug-likeness (QED) is 0.757. The van der Waals surface area contributed by atoms with E-state index in [4.69, 9.17) is 0 Å². The van der Waals surface area contributed by atoms with E-state index < -0.39 is 0 Å². The molecule has 0 spiro atoms.